The summed E-state index contributed by atoms with van der Waals surface area (Å²) in [4.78, 5) is 25.2. The molecule has 184 valence electrons. The fourth-order valence-electron chi connectivity index (χ4n) is 3.49. The number of methoxy groups -OCH3 is 3. The summed E-state index contributed by atoms with van der Waals surface area (Å²) in [5, 5.41) is 5.73. The highest BCUT2D eigenvalue weighted by Crippen LogP contribution is 2.30. The number of ether oxygens (including phenoxy) is 4. The molecular weight excluding hydrogens is 448 g/mol. The van der Waals surface area contributed by atoms with E-state index in [9.17, 15) is 9.59 Å². The van der Waals surface area contributed by atoms with Gasteiger partial charge in [-0.1, -0.05) is 17.7 Å². The molecule has 0 aliphatic rings. The Morgan fingerprint density at radius 2 is 1.51 bits per heavy atom. The number of rotatable bonds is 10. The molecule has 0 spiro atoms. The first-order chi connectivity index (χ1) is 16.8. The number of carbonyl (C=O) groups excluding carboxylic acids is 2. The van der Waals surface area contributed by atoms with Crippen molar-refractivity contribution in [2.75, 3.05) is 33.3 Å². The predicted octanol–water partition coefficient (Wildman–Crippen LogP) is 4.53. The van der Waals surface area contributed by atoms with Gasteiger partial charge in [0.2, 0.25) is 0 Å². The summed E-state index contributed by atoms with van der Waals surface area (Å²) in [6.45, 7) is 3.65. The van der Waals surface area contributed by atoms with Gasteiger partial charge in [0.25, 0.3) is 11.8 Å². The molecule has 0 saturated heterocycles. The van der Waals surface area contributed by atoms with E-state index in [1.807, 2.05) is 32.0 Å². The smallest absolute Gasteiger partial charge is 0.262 e. The average Bonchev–Trinajstić information content (AvgIpc) is 2.87. The fraction of sp³-hybridized carbons (Fsp3) is 0.259. The molecule has 0 fully saturated rings. The molecule has 1 atom stereocenters. The van der Waals surface area contributed by atoms with Gasteiger partial charge in [0.05, 0.1) is 27.4 Å². The molecule has 3 aromatic carbocycles. The van der Waals surface area contributed by atoms with Gasteiger partial charge in [0.15, 0.2) is 18.1 Å². The second-order valence-electron chi connectivity index (χ2n) is 7.87. The van der Waals surface area contributed by atoms with E-state index >= 15 is 0 Å². The number of hydrogen-bond acceptors (Lipinski definition) is 6. The first kappa shape index (κ1) is 25.4. The molecule has 3 aromatic rings. The first-order valence-corrected chi connectivity index (χ1v) is 11.0. The van der Waals surface area contributed by atoms with Crippen molar-refractivity contribution in [3.8, 4) is 23.0 Å². The van der Waals surface area contributed by atoms with E-state index in [0.717, 1.165) is 11.1 Å². The molecule has 2 amide bonds. The molecule has 0 heterocycles. The Bertz CT molecular complexity index is 1180. The Kier molecular flexibility index (Phi) is 8.56. The van der Waals surface area contributed by atoms with Crippen LogP contribution in [0.4, 0.5) is 5.69 Å². The van der Waals surface area contributed by atoms with Gasteiger partial charge in [-0.2, -0.15) is 0 Å². The highest BCUT2D eigenvalue weighted by molar-refractivity contribution is 5.95. The molecule has 0 saturated carbocycles. The highest BCUT2D eigenvalue weighted by Gasteiger charge is 2.17. The van der Waals surface area contributed by atoms with Crippen LogP contribution in [-0.2, 0) is 4.79 Å². The Hall–Kier alpha value is -4.20. The molecule has 35 heavy (non-hydrogen) atoms. The van der Waals surface area contributed by atoms with Crippen LogP contribution in [0.2, 0.25) is 0 Å². The molecule has 2 N–H and O–H groups in total. The van der Waals surface area contributed by atoms with Gasteiger partial charge in [-0.15, -0.1) is 0 Å². The molecule has 8 heteroatoms. The molecule has 0 aliphatic carbocycles. The van der Waals surface area contributed by atoms with Crippen molar-refractivity contribution in [2.24, 2.45) is 0 Å². The van der Waals surface area contributed by atoms with Gasteiger partial charge in [-0.25, -0.2) is 0 Å². The zero-order chi connectivity index (χ0) is 25.4. The van der Waals surface area contributed by atoms with Gasteiger partial charge in [0, 0.05) is 16.8 Å². The number of anilines is 1. The lowest BCUT2D eigenvalue weighted by atomic mass is 10.0. The summed E-state index contributed by atoms with van der Waals surface area (Å²) in [6.07, 6.45) is 0. The van der Waals surface area contributed by atoms with Crippen LogP contribution < -0.4 is 29.6 Å². The minimum atomic E-state index is -0.333. The topological polar surface area (TPSA) is 95.1 Å². The lowest BCUT2D eigenvalue weighted by Crippen LogP contribution is -2.27. The molecular formula is C27H30N2O6. The van der Waals surface area contributed by atoms with Gasteiger partial charge in [-0.3, -0.25) is 9.59 Å². The third-order valence-electron chi connectivity index (χ3n) is 5.36. The summed E-state index contributed by atoms with van der Waals surface area (Å²) in [5.41, 5.74) is 2.98. The largest absolute Gasteiger partial charge is 0.497 e. The zero-order valence-electron chi connectivity index (χ0n) is 20.5. The maximum absolute atomic E-state index is 12.9. The Morgan fingerprint density at radius 1 is 0.829 bits per heavy atom. The number of aryl methyl sites for hydroxylation is 1. The number of amides is 2. The molecule has 0 radical (unpaired) electrons. The van der Waals surface area contributed by atoms with Crippen LogP contribution in [0.25, 0.3) is 0 Å². The third kappa shape index (κ3) is 6.66. The van der Waals surface area contributed by atoms with Crippen LogP contribution in [-0.4, -0.2) is 39.8 Å². The van der Waals surface area contributed by atoms with Crippen molar-refractivity contribution >= 4 is 17.5 Å². The van der Waals surface area contributed by atoms with Crippen LogP contribution in [0.3, 0.4) is 0 Å². The Balaban J connectivity index is 1.63. The molecule has 0 aromatic heterocycles. The van der Waals surface area contributed by atoms with Crippen LogP contribution in [0.15, 0.2) is 60.7 Å². The number of carbonyl (C=O) groups is 2. The molecule has 0 bridgehead atoms. The quantitative estimate of drug-likeness (QED) is 0.445. The normalized spacial score (nSPS) is 11.2. The fourth-order valence-corrected chi connectivity index (χ4v) is 3.49. The van der Waals surface area contributed by atoms with E-state index < -0.39 is 0 Å². The van der Waals surface area contributed by atoms with Crippen molar-refractivity contribution < 1.29 is 28.5 Å². The SMILES string of the molecule is COc1ccc(NC(=O)COc2ccc(C(=O)NC(C)c3cc(C)ccc3OC)cc2OC)cc1. The van der Waals surface area contributed by atoms with Gasteiger partial charge in [-0.05, 0) is 62.4 Å². The van der Waals surface area contributed by atoms with Crippen molar-refractivity contribution in [1.82, 2.24) is 5.32 Å². The van der Waals surface area contributed by atoms with E-state index in [1.54, 1.807) is 56.7 Å². The zero-order valence-corrected chi connectivity index (χ0v) is 20.5. The summed E-state index contributed by atoms with van der Waals surface area (Å²) in [6, 6.07) is 17.3. The minimum absolute atomic E-state index is 0.224. The lowest BCUT2D eigenvalue weighted by molar-refractivity contribution is -0.118. The maximum Gasteiger partial charge on any atom is 0.262 e. The van der Waals surface area contributed by atoms with E-state index in [4.69, 9.17) is 18.9 Å². The minimum Gasteiger partial charge on any atom is -0.497 e. The summed E-state index contributed by atoms with van der Waals surface area (Å²) >= 11 is 0. The van der Waals surface area contributed by atoms with Crippen LogP contribution >= 0.6 is 0 Å². The van der Waals surface area contributed by atoms with Crippen molar-refractivity contribution in [3.05, 3.63) is 77.4 Å². The van der Waals surface area contributed by atoms with Crippen LogP contribution in [0.1, 0.15) is 34.5 Å². The van der Waals surface area contributed by atoms with Crippen molar-refractivity contribution in [3.63, 3.8) is 0 Å². The molecule has 0 aliphatic heterocycles. The second-order valence-corrected chi connectivity index (χ2v) is 7.87. The molecule has 8 nitrogen and oxygen atoms in total. The van der Waals surface area contributed by atoms with E-state index in [-0.39, 0.29) is 24.5 Å². The van der Waals surface area contributed by atoms with Crippen LogP contribution in [0.5, 0.6) is 23.0 Å². The third-order valence-corrected chi connectivity index (χ3v) is 5.36. The van der Waals surface area contributed by atoms with Gasteiger partial charge < -0.3 is 29.6 Å². The molecule has 1 unspecified atom stereocenters. The van der Waals surface area contributed by atoms with E-state index in [2.05, 4.69) is 10.6 Å². The second kappa shape index (κ2) is 11.8. The van der Waals surface area contributed by atoms with E-state index in [1.165, 1.54) is 7.11 Å². The number of benzene rings is 3. The standard InChI is InChI=1S/C27H30N2O6/c1-17-6-12-23(33-4)22(14-17)18(2)28-27(31)19-7-13-24(25(15-19)34-5)35-16-26(30)29-20-8-10-21(32-3)11-9-20/h6-15,18H,16H2,1-5H3,(H,28,31)(H,29,30). The van der Waals surface area contributed by atoms with E-state index in [0.29, 0.717) is 34.2 Å². The van der Waals surface area contributed by atoms with Crippen molar-refractivity contribution in [1.29, 1.82) is 0 Å². The predicted molar refractivity (Wildman–Crippen MR) is 134 cm³/mol. The van der Waals surface area contributed by atoms with Crippen LogP contribution in [0, 0.1) is 6.92 Å². The molecule has 3 rings (SSSR count). The van der Waals surface area contributed by atoms with Gasteiger partial charge in [0.1, 0.15) is 11.5 Å². The maximum atomic E-state index is 12.9. The Labute approximate surface area is 205 Å². The van der Waals surface area contributed by atoms with Crippen molar-refractivity contribution in [2.45, 2.75) is 19.9 Å². The monoisotopic (exact) mass is 478 g/mol. The summed E-state index contributed by atoms with van der Waals surface area (Å²) in [7, 11) is 4.65. The van der Waals surface area contributed by atoms with Gasteiger partial charge >= 0.3 is 0 Å². The number of hydrogen-bond donors (Lipinski definition) is 2. The average molecular weight is 479 g/mol. The number of nitrogens with one attached hydrogen (secondary N) is 2. The summed E-state index contributed by atoms with van der Waals surface area (Å²) in [5.74, 6) is 1.49. The highest BCUT2D eigenvalue weighted by atomic mass is 16.5. The lowest BCUT2D eigenvalue weighted by Gasteiger charge is -2.18. The summed E-state index contributed by atoms with van der Waals surface area (Å²) < 4.78 is 21.5. The Morgan fingerprint density at radius 3 is 2.17 bits per heavy atom. The first-order valence-electron chi connectivity index (χ1n) is 11.0.